The number of benzene rings is 1. The lowest BCUT2D eigenvalue weighted by molar-refractivity contribution is -0.133. The van der Waals surface area contributed by atoms with E-state index in [1.165, 1.54) is 14.2 Å². The molecular formula is C12H9BrO4. The summed E-state index contributed by atoms with van der Waals surface area (Å²) in [5.74, 6) is -0.321. The quantitative estimate of drug-likeness (QED) is 0.785. The van der Waals surface area contributed by atoms with Crippen LogP contribution in [0, 0.1) is 0 Å². The van der Waals surface area contributed by atoms with Gasteiger partial charge in [-0.2, -0.15) is 0 Å². The second-order valence-corrected chi connectivity index (χ2v) is 4.19. The molecule has 0 heterocycles. The molecule has 0 atom stereocenters. The average Bonchev–Trinajstić information content (AvgIpc) is 2.61. The predicted octanol–water partition coefficient (Wildman–Crippen LogP) is 2.17. The molecule has 2 rings (SSSR count). The van der Waals surface area contributed by atoms with E-state index in [4.69, 9.17) is 4.74 Å². The van der Waals surface area contributed by atoms with Gasteiger partial charge in [-0.15, -0.1) is 0 Å². The van der Waals surface area contributed by atoms with E-state index in [-0.39, 0.29) is 15.8 Å². The average molecular weight is 297 g/mol. The summed E-state index contributed by atoms with van der Waals surface area (Å²) in [7, 11) is 2.76. The highest BCUT2D eigenvalue weighted by atomic mass is 79.9. The number of allylic oxidation sites excluding steroid dienone is 1. The zero-order valence-corrected chi connectivity index (χ0v) is 10.8. The second kappa shape index (κ2) is 4.33. The highest BCUT2D eigenvalue weighted by molar-refractivity contribution is 9.12. The molecular weight excluding hydrogens is 288 g/mol. The Hall–Kier alpha value is -1.62. The van der Waals surface area contributed by atoms with Gasteiger partial charge >= 0.3 is 5.97 Å². The van der Waals surface area contributed by atoms with Crippen molar-refractivity contribution in [1.82, 2.24) is 0 Å². The van der Waals surface area contributed by atoms with E-state index in [0.29, 0.717) is 16.9 Å². The number of methoxy groups -OCH3 is 2. The molecule has 0 amide bonds. The van der Waals surface area contributed by atoms with Crippen molar-refractivity contribution in [3.05, 3.63) is 33.8 Å². The van der Waals surface area contributed by atoms with Crippen LogP contribution in [-0.2, 0) is 9.53 Å². The Morgan fingerprint density at radius 1 is 1.29 bits per heavy atom. The molecule has 5 heteroatoms. The minimum Gasteiger partial charge on any atom is -0.496 e. The first-order valence-corrected chi connectivity index (χ1v) is 5.61. The van der Waals surface area contributed by atoms with E-state index in [2.05, 4.69) is 20.7 Å². The van der Waals surface area contributed by atoms with Gasteiger partial charge in [0.05, 0.1) is 24.3 Å². The topological polar surface area (TPSA) is 52.6 Å². The Morgan fingerprint density at radius 2 is 2.00 bits per heavy atom. The lowest BCUT2D eigenvalue weighted by Gasteiger charge is -2.08. The molecule has 88 valence electrons. The van der Waals surface area contributed by atoms with Gasteiger partial charge in [-0.3, -0.25) is 4.79 Å². The molecule has 1 aromatic rings. The fourth-order valence-corrected chi connectivity index (χ4v) is 2.36. The Labute approximate surface area is 106 Å². The summed E-state index contributed by atoms with van der Waals surface area (Å²) in [6.07, 6.45) is 0. The Balaban J connectivity index is 2.72. The highest BCUT2D eigenvalue weighted by Crippen LogP contribution is 2.41. The molecule has 0 radical (unpaired) electrons. The van der Waals surface area contributed by atoms with Crippen LogP contribution in [0.2, 0.25) is 0 Å². The van der Waals surface area contributed by atoms with E-state index in [0.717, 1.165) is 0 Å². The van der Waals surface area contributed by atoms with Gasteiger partial charge in [0, 0.05) is 11.1 Å². The molecule has 0 bridgehead atoms. The van der Waals surface area contributed by atoms with Gasteiger partial charge in [-0.25, -0.2) is 4.79 Å². The molecule has 0 saturated heterocycles. The number of fused-ring (bicyclic) bond motifs is 1. The summed E-state index contributed by atoms with van der Waals surface area (Å²) in [6, 6.07) is 5.05. The van der Waals surface area contributed by atoms with E-state index in [1.54, 1.807) is 18.2 Å². The zero-order valence-electron chi connectivity index (χ0n) is 9.24. The normalized spacial score (nSPS) is 13.7. The van der Waals surface area contributed by atoms with Crippen molar-refractivity contribution < 1.29 is 19.1 Å². The molecule has 0 unspecified atom stereocenters. The molecule has 0 N–H and O–H groups in total. The number of esters is 1. The summed E-state index contributed by atoms with van der Waals surface area (Å²) in [5, 5.41) is 0. The lowest BCUT2D eigenvalue weighted by atomic mass is 10.0. The van der Waals surface area contributed by atoms with E-state index in [9.17, 15) is 9.59 Å². The van der Waals surface area contributed by atoms with Crippen LogP contribution in [0.5, 0.6) is 5.75 Å². The van der Waals surface area contributed by atoms with Gasteiger partial charge in [-0.1, -0.05) is 12.1 Å². The third-order valence-corrected chi connectivity index (χ3v) is 3.31. The van der Waals surface area contributed by atoms with Crippen LogP contribution in [0.3, 0.4) is 0 Å². The maximum Gasteiger partial charge on any atom is 0.339 e. The largest absolute Gasteiger partial charge is 0.496 e. The van der Waals surface area contributed by atoms with Gasteiger partial charge in [0.1, 0.15) is 5.75 Å². The van der Waals surface area contributed by atoms with Crippen LogP contribution in [0.4, 0.5) is 0 Å². The van der Waals surface area contributed by atoms with Crippen LogP contribution in [0.25, 0.3) is 5.57 Å². The minimum atomic E-state index is -0.562. The maximum absolute atomic E-state index is 11.9. The molecule has 0 fully saturated rings. The molecule has 0 saturated carbocycles. The summed E-state index contributed by atoms with van der Waals surface area (Å²) in [4.78, 5) is 23.6. The van der Waals surface area contributed by atoms with Crippen molar-refractivity contribution in [1.29, 1.82) is 0 Å². The standard InChI is InChI=1S/C12H9BrO4/c1-16-7-5-3-4-6-8(7)9(12(15)17-2)10(13)11(6)14/h3-5H,1-2H3. The lowest BCUT2D eigenvalue weighted by Crippen LogP contribution is -2.04. The van der Waals surface area contributed by atoms with Gasteiger partial charge in [0.25, 0.3) is 0 Å². The third-order valence-electron chi connectivity index (χ3n) is 2.55. The molecule has 0 spiro atoms. The monoisotopic (exact) mass is 296 g/mol. The smallest absolute Gasteiger partial charge is 0.339 e. The van der Waals surface area contributed by atoms with E-state index in [1.807, 2.05) is 0 Å². The SMILES string of the molecule is COC(=O)C1=C(Br)C(=O)c2cccc(OC)c21. The molecule has 1 aromatic carbocycles. The first kappa shape index (κ1) is 11.9. The summed E-state index contributed by atoms with van der Waals surface area (Å²) in [5.41, 5.74) is 1.14. The van der Waals surface area contributed by atoms with Crippen LogP contribution in [0.15, 0.2) is 22.7 Å². The molecule has 1 aliphatic carbocycles. The number of carbonyl (C=O) groups is 2. The first-order valence-electron chi connectivity index (χ1n) is 4.82. The number of Topliss-reactive ketones (excluding diaryl/α,β-unsaturated/α-hetero) is 1. The molecule has 17 heavy (non-hydrogen) atoms. The van der Waals surface area contributed by atoms with Crippen molar-refractivity contribution in [3.8, 4) is 5.75 Å². The number of ether oxygens (including phenoxy) is 2. The Morgan fingerprint density at radius 3 is 2.59 bits per heavy atom. The Kier molecular flexibility index (Phi) is 3.02. The van der Waals surface area contributed by atoms with Crippen molar-refractivity contribution in [2.24, 2.45) is 0 Å². The minimum absolute atomic E-state index is 0.212. The fraction of sp³-hybridized carbons (Fsp3) is 0.167. The summed E-state index contributed by atoms with van der Waals surface area (Å²) in [6.45, 7) is 0. The maximum atomic E-state index is 11.9. The molecule has 0 aromatic heterocycles. The zero-order chi connectivity index (χ0) is 12.6. The first-order chi connectivity index (χ1) is 8.11. The van der Waals surface area contributed by atoms with Crippen LogP contribution >= 0.6 is 15.9 Å². The van der Waals surface area contributed by atoms with Crippen LogP contribution in [0.1, 0.15) is 15.9 Å². The fourth-order valence-electron chi connectivity index (χ4n) is 1.78. The number of carbonyl (C=O) groups excluding carboxylic acids is 2. The second-order valence-electron chi connectivity index (χ2n) is 3.39. The van der Waals surface area contributed by atoms with Crippen molar-refractivity contribution in [2.75, 3.05) is 14.2 Å². The predicted molar refractivity (Wildman–Crippen MR) is 65.2 cm³/mol. The van der Waals surface area contributed by atoms with Crippen molar-refractivity contribution in [3.63, 3.8) is 0 Å². The van der Waals surface area contributed by atoms with Gasteiger partial charge in [-0.05, 0) is 22.0 Å². The summed E-state index contributed by atoms with van der Waals surface area (Å²) < 4.78 is 10.1. The number of hydrogen-bond acceptors (Lipinski definition) is 4. The van der Waals surface area contributed by atoms with Crippen LogP contribution in [-0.4, -0.2) is 26.0 Å². The highest BCUT2D eigenvalue weighted by Gasteiger charge is 2.35. The van der Waals surface area contributed by atoms with Crippen LogP contribution < -0.4 is 4.74 Å². The van der Waals surface area contributed by atoms with Crippen molar-refractivity contribution >= 4 is 33.3 Å². The number of rotatable bonds is 2. The number of ketones is 1. The Bertz CT molecular complexity index is 545. The van der Waals surface area contributed by atoms with E-state index >= 15 is 0 Å². The van der Waals surface area contributed by atoms with Crippen molar-refractivity contribution in [2.45, 2.75) is 0 Å². The molecule has 4 nitrogen and oxygen atoms in total. The number of halogens is 1. The molecule has 0 aliphatic heterocycles. The van der Waals surface area contributed by atoms with Gasteiger partial charge in [0.15, 0.2) is 0 Å². The molecule has 1 aliphatic rings. The van der Waals surface area contributed by atoms with Gasteiger partial charge in [0.2, 0.25) is 5.78 Å². The van der Waals surface area contributed by atoms with E-state index < -0.39 is 5.97 Å². The summed E-state index contributed by atoms with van der Waals surface area (Å²) >= 11 is 3.13. The van der Waals surface area contributed by atoms with Gasteiger partial charge < -0.3 is 9.47 Å². The third kappa shape index (κ3) is 1.67. The number of hydrogen-bond donors (Lipinski definition) is 0.